The van der Waals surface area contributed by atoms with Crippen molar-refractivity contribution >= 4 is 0 Å². The van der Waals surface area contributed by atoms with Gasteiger partial charge in [0.15, 0.2) is 0 Å². The quantitative estimate of drug-likeness (QED) is 0.779. The SMILES string of the molecule is c1cc(OCC2CO2)cc(Oc2cccc3c2CC3)c1. The summed E-state index contributed by atoms with van der Waals surface area (Å²) in [5.41, 5.74) is 2.74. The third-order valence-corrected chi connectivity index (χ3v) is 3.75. The van der Waals surface area contributed by atoms with E-state index in [0.29, 0.717) is 6.61 Å². The molecule has 102 valence electrons. The molecule has 0 N–H and O–H groups in total. The standard InChI is InChI=1S/C17H16O3/c1-3-12-7-8-16(12)17(6-1)20-14-5-2-4-13(9-14)18-10-15-11-19-15/h1-6,9,15H,7-8,10-11H2. The molecule has 1 unspecified atom stereocenters. The van der Waals surface area contributed by atoms with Crippen LogP contribution in [0.1, 0.15) is 11.1 Å². The van der Waals surface area contributed by atoms with E-state index >= 15 is 0 Å². The van der Waals surface area contributed by atoms with Gasteiger partial charge in [-0.1, -0.05) is 18.2 Å². The highest BCUT2D eigenvalue weighted by Crippen LogP contribution is 2.35. The summed E-state index contributed by atoms with van der Waals surface area (Å²) in [6, 6.07) is 14.0. The highest BCUT2D eigenvalue weighted by molar-refractivity contribution is 5.48. The number of hydrogen-bond acceptors (Lipinski definition) is 3. The van der Waals surface area contributed by atoms with Gasteiger partial charge in [-0.2, -0.15) is 0 Å². The molecule has 0 amide bonds. The van der Waals surface area contributed by atoms with Crippen molar-refractivity contribution in [3.05, 3.63) is 53.6 Å². The van der Waals surface area contributed by atoms with E-state index in [1.165, 1.54) is 11.1 Å². The number of rotatable bonds is 5. The van der Waals surface area contributed by atoms with Crippen LogP contribution < -0.4 is 9.47 Å². The zero-order valence-electron chi connectivity index (χ0n) is 11.2. The second-order valence-corrected chi connectivity index (χ2v) is 5.24. The molecule has 1 heterocycles. The highest BCUT2D eigenvalue weighted by Gasteiger charge is 2.23. The van der Waals surface area contributed by atoms with Crippen molar-refractivity contribution in [1.29, 1.82) is 0 Å². The van der Waals surface area contributed by atoms with E-state index in [9.17, 15) is 0 Å². The van der Waals surface area contributed by atoms with E-state index < -0.39 is 0 Å². The lowest BCUT2D eigenvalue weighted by Crippen LogP contribution is -2.09. The van der Waals surface area contributed by atoms with E-state index in [0.717, 1.165) is 36.7 Å². The van der Waals surface area contributed by atoms with Crippen molar-refractivity contribution in [1.82, 2.24) is 0 Å². The fourth-order valence-corrected chi connectivity index (χ4v) is 2.42. The van der Waals surface area contributed by atoms with E-state index in [1.807, 2.05) is 30.3 Å². The second kappa shape index (κ2) is 4.84. The molecule has 2 aromatic rings. The monoisotopic (exact) mass is 268 g/mol. The Hall–Kier alpha value is -2.00. The van der Waals surface area contributed by atoms with Crippen LogP contribution in [0.4, 0.5) is 0 Å². The smallest absolute Gasteiger partial charge is 0.131 e. The highest BCUT2D eigenvalue weighted by atomic mass is 16.6. The van der Waals surface area contributed by atoms with Crippen LogP contribution in [0.25, 0.3) is 0 Å². The molecule has 0 aromatic heterocycles. The fourth-order valence-electron chi connectivity index (χ4n) is 2.42. The molecule has 1 aliphatic carbocycles. The zero-order chi connectivity index (χ0) is 13.4. The molecule has 0 spiro atoms. The van der Waals surface area contributed by atoms with Crippen LogP contribution in [0.15, 0.2) is 42.5 Å². The molecule has 0 bridgehead atoms. The minimum Gasteiger partial charge on any atom is -0.491 e. The molecule has 1 atom stereocenters. The largest absolute Gasteiger partial charge is 0.491 e. The summed E-state index contributed by atoms with van der Waals surface area (Å²) in [4.78, 5) is 0. The maximum atomic E-state index is 5.99. The van der Waals surface area contributed by atoms with Crippen molar-refractivity contribution in [2.45, 2.75) is 18.9 Å². The molecule has 1 aliphatic heterocycles. The molecule has 1 fully saturated rings. The molecule has 3 nitrogen and oxygen atoms in total. The average molecular weight is 268 g/mol. The van der Waals surface area contributed by atoms with Gasteiger partial charge in [-0.15, -0.1) is 0 Å². The van der Waals surface area contributed by atoms with Crippen molar-refractivity contribution < 1.29 is 14.2 Å². The molecular formula is C17H16O3. The first-order valence-electron chi connectivity index (χ1n) is 7.01. The van der Waals surface area contributed by atoms with Crippen molar-refractivity contribution in [2.75, 3.05) is 13.2 Å². The lowest BCUT2D eigenvalue weighted by molar-refractivity contribution is 0.262. The van der Waals surface area contributed by atoms with E-state index in [4.69, 9.17) is 14.2 Å². The van der Waals surface area contributed by atoms with Gasteiger partial charge in [-0.05, 0) is 42.2 Å². The molecular weight excluding hydrogens is 252 g/mol. The molecule has 2 aliphatic rings. The Morgan fingerprint density at radius 2 is 1.90 bits per heavy atom. The molecule has 2 aromatic carbocycles. The first-order chi connectivity index (χ1) is 9.88. The van der Waals surface area contributed by atoms with Gasteiger partial charge in [0, 0.05) is 6.07 Å². The maximum absolute atomic E-state index is 5.99. The first-order valence-corrected chi connectivity index (χ1v) is 7.01. The lowest BCUT2D eigenvalue weighted by Gasteiger charge is -2.22. The Morgan fingerprint density at radius 1 is 1.05 bits per heavy atom. The zero-order valence-corrected chi connectivity index (χ0v) is 11.2. The predicted molar refractivity (Wildman–Crippen MR) is 75.6 cm³/mol. The van der Waals surface area contributed by atoms with Crippen LogP contribution >= 0.6 is 0 Å². The van der Waals surface area contributed by atoms with Crippen LogP contribution in [-0.4, -0.2) is 19.3 Å². The number of aryl methyl sites for hydroxylation is 1. The van der Waals surface area contributed by atoms with Crippen LogP contribution in [0.5, 0.6) is 17.2 Å². The number of fused-ring (bicyclic) bond motifs is 1. The minimum absolute atomic E-state index is 0.272. The summed E-state index contributed by atoms with van der Waals surface area (Å²) in [6.07, 6.45) is 2.55. The van der Waals surface area contributed by atoms with Gasteiger partial charge in [0.1, 0.15) is 30.0 Å². The summed E-state index contributed by atoms with van der Waals surface area (Å²) in [7, 11) is 0. The molecule has 0 saturated carbocycles. The molecule has 4 rings (SSSR count). The van der Waals surface area contributed by atoms with Gasteiger partial charge < -0.3 is 14.2 Å². The van der Waals surface area contributed by atoms with E-state index in [2.05, 4.69) is 12.1 Å². The summed E-state index contributed by atoms with van der Waals surface area (Å²) < 4.78 is 16.8. The predicted octanol–water partition coefficient (Wildman–Crippen LogP) is 3.36. The van der Waals surface area contributed by atoms with Crippen LogP contribution in [0.3, 0.4) is 0 Å². The minimum atomic E-state index is 0.272. The molecule has 3 heteroatoms. The van der Waals surface area contributed by atoms with Crippen LogP contribution in [-0.2, 0) is 17.6 Å². The fraction of sp³-hybridized carbons (Fsp3) is 0.294. The Balaban J connectivity index is 1.50. The Labute approximate surface area is 118 Å². The average Bonchev–Trinajstić information content (AvgIpc) is 3.23. The summed E-state index contributed by atoms with van der Waals surface area (Å²) in [6.45, 7) is 1.43. The van der Waals surface area contributed by atoms with Gasteiger partial charge in [0.05, 0.1) is 6.61 Å². The Kier molecular flexibility index (Phi) is 2.85. The van der Waals surface area contributed by atoms with Gasteiger partial charge in [-0.25, -0.2) is 0 Å². The van der Waals surface area contributed by atoms with Crippen LogP contribution in [0, 0.1) is 0 Å². The molecule has 1 saturated heterocycles. The van der Waals surface area contributed by atoms with E-state index in [1.54, 1.807) is 0 Å². The normalized spacial score (nSPS) is 18.9. The molecule has 20 heavy (non-hydrogen) atoms. The Morgan fingerprint density at radius 3 is 2.70 bits per heavy atom. The third-order valence-electron chi connectivity index (χ3n) is 3.75. The topological polar surface area (TPSA) is 31.0 Å². The van der Waals surface area contributed by atoms with E-state index in [-0.39, 0.29) is 6.10 Å². The van der Waals surface area contributed by atoms with Gasteiger partial charge in [0.2, 0.25) is 0 Å². The molecule has 0 radical (unpaired) electrons. The summed E-state index contributed by atoms with van der Waals surface area (Å²) in [5, 5.41) is 0. The van der Waals surface area contributed by atoms with Crippen molar-refractivity contribution in [2.24, 2.45) is 0 Å². The summed E-state index contributed by atoms with van der Waals surface area (Å²) in [5.74, 6) is 2.61. The third kappa shape index (κ3) is 2.37. The van der Waals surface area contributed by atoms with Crippen molar-refractivity contribution in [3.63, 3.8) is 0 Å². The Bertz CT molecular complexity index is 632. The maximum Gasteiger partial charge on any atom is 0.131 e. The second-order valence-electron chi connectivity index (χ2n) is 5.24. The van der Waals surface area contributed by atoms with Gasteiger partial charge >= 0.3 is 0 Å². The number of benzene rings is 2. The number of hydrogen-bond donors (Lipinski definition) is 0. The van der Waals surface area contributed by atoms with Gasteiger partial charge in [-0.3, -0.25) is 0 Å². The number of ether oxygens (including phenoxy) is 3. The lowest BCUT2D eigenvalue weighted by atomic mass is 9.88. The summed E-state index contributed by atoms with van der Waals surface area (Å²) >= 11 is 0. The van der Waals surface area contributed by atoms with Crippen LogP contribution in [0.2, 0.25) is 0 Å². The first kappa shape index (κ1) is 11.8. The number of epoxide rings is 1. The van der Waals surface area contributed by atoms with Crippen molar-refractivity contribution in [3.8, 4) is 17.2 Å². The van der Waals surface area contributed by atoms with Gasteiger partial charge in [0.25, 0.3) is 0 Å².